The molecule has 1 aliphatic carbocycles. The minimum Gasteiger partial charge on any atom is -0.294 e. The molecule has 3 nitrogen and oxygen atoms in total. The number of H-pyrrole nitrogens is 1. The van der Waals surface area contributed by atoms with Crippen LogP contribution in [0.2, 0.25) is 0 Å². The molecule has 0 aliphatic heterocycles. The van der Waals surface area contributed by atoms with Gasteiger partial charge in [-0.1, -0.05) is 36.4 Å². The zero-order valence-corrected chi connectivity index (χ0v) is 13.1. The lowest BCUT2D eigenvalue weighted by molar-refractivity contribution is 0.760. The van der Waals surface area contributed by atoms with Crippen LogP contribution in [0.1, 0.15) is 18.5 Å². The summed E-state index contributed by atoms with van der Waals surface area (Å²) in [6.45, 7) is 0. The molecule has 21 heavy (non-hydrogen) atoms. The molecule has 1 aromatic heterocycles. The average molecular weight is 343 g/mol. The number of fused-ring (bicyclic) bond motifs is 1. The van der Waals surface area contributed by atoms with E-state index in [1.165, 1.54) is 12.8 Å². The molecule has 0 amide bonds. The number of halogens is 1. The second-order valence-corrected chi connectivity index (χ2v) is 6.48. The zero-order valence-electron chi connectivity index (χ0n) is 11.5. The number of benzene rings is 2. The molecule has 0 bridgehead atoms. The second-order valence-electron chi connectivity index (χ2n) is 5.69. The fourth-order valence-corrected chi connectivity index (χ4v) is 3.21. The Balaban J connectivity index is 1.90. The lowest BCUT2D eigenvalue weighted by Crippen LogP contribution is -2.14. The van der Waals surface area contributed by atoms with Crippen molar-refractivity contribution in [3.05, 3.63) is 63.0 Å². The van der Waals surface area contributed by atoms with E-state index in [9.17, 15) is 4.79 Å². The SMILES string of the molecule is O=c1c(Br)c(CC2CC2)[nH]n1-c1cccc2ccccc12. The van der Waals surface area contributed by atoms with Crippen molar-refractivity contribution in [3.8, 4) is 5.69 Å². The van der Waals surface area contributed by atoms with E-state index in [0.29, 0.717) is 4.47 Å². The normalized spacial score (nSPS) is 14.7. The number of rotatable bonds is 3. The Hall–Kier alpha value is -1.81. The van der Waals surface area contributed by atoms with E-state index in [-0.39, 0.29) is 5.56 Å². The number of hydrogen-bond acceptors (Lipinski definition) is 1. The maximum absolute atomic E-state index is 12.5. The molecular weight excluding hydrogens is 328 g/mol. The van der Waals surface area contributed by atoms with E-state index < -0.39 is 0 Å². The highest BCUT2D eigenvalue weighted by Gasteiger charge is 2.25. The average Bonchev–Trinajstić information content (AvgIpc) is 3.29. The van der Waals surface area contributed by atoms with Gasteiger partial charge in [-0.2, -0.15) is 0 Å². The lowest BCUT2D eigenvalue weighted by Gasteiger charge is -2.06. The first-order valence-electron chi connectivity index (χ1n) is 7.21. The Labute approximate surface area is 130 Å². The summed E-state index contributed by atoms with van der Waals surface area (Å²) in [6.07, 6.45) is 3.50. The number of nitrogens with zero attached hydrogens (tertiary/aromatic N) is 1. The van der Waals surface area contributed by atoms with Crippen molar-refractivity contribution < 1.29 is 0 Å². The number of aromatic amines is 1. The van der Waals surface area contributed by atoms with Crippen LogP contribution in [0.15, 0.2) is 51.7 Å². The smallest absolute Gasteiger partial charge is 0.285 e. The number of aromatic nitrogens is 2. The van der Waals surface area contributed by atoms with Gasteiger partial charge in [0.15, 0.2) is 0 Å². The van der Waals surface area contributed by atoms with E-state index >= 15 is 0 Å². The molecule has 0 atom stereocenters. The van der Waals surface area contributed by atoms with Crippen LogP contribution in [0.5, 0.6) is 0 Å². The fraction of sp³-hybridized carbons (Fsp3) is 0.235. The van der Waals surface area contributed by atoms with Crippen molar-refractivity contribution in [1.82, 2.24) is 9.78 Å². The summed E-state index contributed by atoms with van der Waals surface area (Å²) in [6, 6.07) is 14.2. The standard InChI is InChI=1S/C17H15BrN2O/c18-16-14(10-11-8-9-11)19-20(17(16)21)15-7-3-5-12-4-1-2-6-13(12)15/h1-7,11,19H,8-10H2. The third-order valence-corrected chi connectivity index (χ3v) is 4.92. The topological polar surface area (TPSA) is 37.8 Å². The first-order chi connectivity index (χ1) is 10.2. The predicted octanol–water partition coefficient (Wildman–Crippen LogP) is 4.03. The molecular formula is C17H15BrN2O. The fourth-order valence-electron chi connectivity index (χ4n) is 2.78. The van der Waals surface area contributed by atoms with Gasteiger partial charge >= 0.3 is 0 Å². The molecule has 3 aromatic rings. The van der Waals surface area contributed by atoms with E-state index in [1.54, 1.807) is 4.68 Å². The van der Waals surface area contributed by atoms with Gasteiger partial charge in [0.1, 0.15) is 4.47 Å². The molecule has 1 saturated carbocycles. The molecule has 4 rings (SSSR count). The Morgan fingerprint density at radius 1 is 1.14 bits per heavy atom. The zero-order chi connectivity index (χ0) is 14.4. The second kappa shape index (κ2) is 4.88. The van der Waals surface area contributed by atoms with E-state index in [1.807, 2.05) is 30.3 Å². The molecule has 0 spiro atoms. The van der Waals surface area contributed by atoms with Crippen LogP contribution in [0.25, 0.3) is 16.5 Å². The first-order valence-corrected chi connectivity index (χ1v) is 8.01. The highest BCUT2D eigenvalue weighted by Crippen LogP contribution is 2.33. The van der Waals surface area contributed by atoms with Crippen LogP contribution < -0.4 is 5.56 Å². The van der Waals surface area contributed by atoms with Crippen molar-refractivity contribution in [3.63, 3.8) is 0 Å². The molecule has 4 heteroatoms. The van der Waals surface area contributed by atoms with Crippen LogP contribution in [0.4, 0.5) is 0 Å². The van der Waals surface area contributed by atoms with Gasteiger partial charge in [-0.15, -0.1) is 0 Å². The highest BCUT2D eigenvalue weighted by atomic mass is 79.9. The van der Waals surface area contributed by atoms with Gasteiger partial charge < -0.3 is 0 Å². The lowest BCUT2D eigenvalue weighted by atomic mass is 10.1. The van der Waals surface area contributed by atoms with Gasteiger partial charge in [-0.25, -0.2) is 4.68 Å². The first kappa shape index (κ1) is 12.9. The molecule has 1 aliphatic rings. The summed E-state index contributed by atoms with van der Waals surface area (Å²) >= 11 is 3.45. The number of hydrogen-bond donors (Lipinski definition) is 1. The quantitative estimate of drug-likeness (QED) is 0.766. The largest absolute Gasteiger partial charge is 0.294 e. The van der Waals surface area contributed by atoms with Crippen molar-refractivity contribution in [1.29, 1.82) is 0 Å². The minimum atomic E-state index is -0.0120. The monoisotopic (exact) mass is 342 g/mol. The van der Waals surface area contributed by atoms with E-state index in [0.717, 1.165) is 34.5 Å². The van der Waals surface area contributed by atoms with Crippen molar-refractivity contribution in [2.75, 3.05) is 0 Å². The Bertz CT molecular complexity index is 869. The summed E-state index contributed by atoms with van der Waals surface area (Å²) in [7, 11) is 0. The third-order valence-electron chi connectivity index (χ3n) is 4.10. The summed E-state index contributed by atoms with van der Waals surface area (Å²) in [5.74, 6) is 0.736. The van der Waals surface area contributed by atoms with Gasteiger partial charge in [0.05, 0.1) is 11.4 Å². The van der Waals surface area contributed by atoms with Crippen molar-refractivity contribution in [2.45, 2.75) is 19.3 Å². The summed E-state index contributed by atoms with van der Waals surface area (Å²) in [4.78, 5) is 12.5. The summed E-state index contributed by atoms with van der Waals surface area (Å²) in [5.41, 5.74) is 1.90. The number of nitrogens with one attached hydrogen (secondary N) is 1. The molecule has 1 fully saturated rings. The molecule has 0 saturated heterocycles. The van der Waals surface area contributed by atoms with E-state index in [2.05, 4.69) is 33.2 Å². The van der Waals surface area contributed by atoms with Gasteiger partial charge in [0.25, 0.3) is 5.56 Å². The van der Waals surface area contributed by atoms with Gasteiger partial charge in [0.2, 0.25) is 0 Å². The van der Waals surface area contributed by atoms with Gasteiger partial charge in [-0.3, -0.25) is 9.89 Å². The maximum Gasteiger partial charge on any atom is 0.285 e. The Morgan fingerprint density at radius 2 is 1.90 bits per heavy atom. The highest BCUT2D eigenvalue weighted by molar-refractivity contribution is 9.10. The molecule has 2 aromatic carbocycles. The Kier molecular flexibility index (Phi) is 3.00. The molecule has 1 heterocycles. The molecule has 1 N–H and O–H groups in total. The molecule has 0 radical (unpaired) electrons. The van der Waals surface area contributed by atoms with Crippen LogP contribution in [-0.4, -0.2) is 9.78 Å². The maximum atomic E-state index is 12.5. The van der Waals surface area contributed by atoms with Crippen LogP contribution in [-0.2, 0) is 6.42 Å². The van der Waals surface area contributed by atoms with Crippen LogP contribution in [0, 0.1) is 5.92 Å². The molecule has 0 unspecified atom stereocenters. The molecule has 106 valence electrons. The van der Waals surface area contributed by atoms with Crippen LogP contribution in [0.3, 0.4) is 0 Å². The van der Waals surface area contributed by atoms with Gasteiger partial charge in [0, 0.05) is 5.39 Å². The minimum absolute atomic E-state index is 0.0120. The Morgan fingerprint density at radius 3 is 2.71 bits per heavy atom. The van der Waals surface area contributed by atoms with Gasteiger partial charge in [-0.05, 0) is 52.6 Å². The third kappa shape index (κ3) is 2.23. The van der Waals surface area contributed by atoms with Crippen molar-refractivity contribution >= 4 is 26.7 Å². The van der Waals surface area contributed by atoms with E-state index in [4.69, 9.17) is 0 Å². The summed E-state index contributed by atoms with van der Waals surface area (Å²) in [5, 5.41) is 5.50. The summed E-state index contributed by atoms with van der Waals surface area (Å²) < 4.78 is 2.33. The predicted molar refractivity (Wildman–Crippen MR) is 88.0 cm³/mol. The van der Waals surface area contributed by atoms with Crippen molar-refractivity contribution in [2.24, 2.45) is 5.92 Å². The van der Waals surface area contributed by atoms with Crippen LogP contribution >= 0.6 is 15.9 Å².